The van der Waals surface area contributed by atoms with Gasteiger partial charge in [-0.3, -0.25) is 4.98 Å². The molecule has 3 aromatic carbocycles. The van der Waals surface area contributed by atoms with Crippen LogP contribution in [0.15, 0.2) is 85.6 Å². The molecule has 5 nitrogen and oxygen atoms in total. The number of allylic oxidation sites excluding steroid dienone is 1. The summed E-state index contributed by atoms with van der Waals surface area (Å²) in [6.07, 6.45) is 7.36. The topological polar surface area (TPSA) is 82.5 Å². The summed E-state index contributed by atoms with van der Waals surface area (Å²) in [4.78, 5) is 15.0. The molecule has 1 aliphatic carbocycles. The fourth-order valence-electron chi connectivity index (χ4n) is 3.89. The molecule has 1 heterocycles. The van der Waals surface area contributed by atoms with Crippen molar-refractivity contribution in [2.24, 2.45) is 0 Å². The molecule has 0 bridgehead atoms. The Balaban J connectivity index is 0.000000356. The van der Waals surface area contributed by atoms with Crippen LogP contribution in [0.1, 0.15) is 69.7 Å². The molecule has 1 aromatic heterocycles. The molecule has 0 spiro atoms. The summed E-state index contributed by atoms with van der Waals surface area (Å²) in [5.41, 5.74) is 6.31. The fraction of sp³-hybridized carbons (Fsp3) is 0.314. The number of rotatable bonds is 5. The first kappa shape index (κ1) is 33.9. The number of fused-ring (bicyclic) bond motifs is 1. The van der Waals surface area contributed by atoms with Crippen molar-refractivity contribution in [3.63, 3.8) is 0 Å². The molecule has 5 rings (SSSR count). The number of hydrogen-bond acceptors (Lipinski definition) is 5. The Morgan fingerprint density at radius 1 is 0.925 bits per heavy atom. The highest BCUT2D eigenvalue weighted by Crippen LogP contribution is 2.46. The average molecular weight is 543 g/mol. The summed E-state index contributed by atoms with van der Waals surface area (Å²) >= 11 is 0. The Bertz CT molecular complexity index is 1310. The van der Waals surface area contributed by atoms with Crippen LogP contribution in [0.5, 0.6) is 11.5 Å². The molecule has 1 saturated carbocycles. The second-order valence-electron chi connectivity index (χ2n) is 9.00. The molecule has 0 aliphatic heterocycles. The number of nitrogens with one attached hydrogen (secondary N) is 1. The van der Waals surface area contributed by atoms with Crippen LogP contribution in [0.3, 0.4) is 0 Å². The van der Waals surface area contributed by atoms with E-state index < -0.39 is 0 Å². The number of benzene rings is 3. The van der Waals surface area contributed by atoms with E-state index >= 15 is 0 Å². The van der Waals surface area contributed by atoms with Gasteiger partial charge < -0.3 is 20.3 Å². The quantitative estimate of drug-likeness (QED) is 0.133. The lowest BCUT2D eigenvalue weighted by atomic mass is 9.97. The van der Waals surface area contributed by atoms with Gasteiger partial charge in [0, 0.05) is 30.4 Å². The lowest BCUT2D eigenvalue weighted by Gasteiger charge is -2.08. The van der Waals surface area contributed by atoms with Crippen molar-refractivity contribution in [2.45, 2.75) is 66.2 Å². The van der Waals surface area contributed by atoms with E-state index in [9.17, 15) is 15.0 Å². The van der Waals surface area contributed by atoms with Gasteiger partial charge in [-0.15, -0.1) is 6.58 Å². The highest BCUT2D eigenvalue weighted by molar-refractivity contribution is 5.85. The highest BCUT2D eigenvalue weighted by Gasteiger charge is 2.43. The number of aromatic hydroxyl groups is 2. The minimum Gasteiger partial charge on any atom is -0.504 e. The predicted molar refractivity (Wildman–Crippen MR) is 171 cm³/mol. The van der Waals surface area contributed by atoms with Crippen molar-refractivity contribution in [3.8, 4) is 11.5 Å². The van der Waals surface area contributed by atoms with Gasteiger partial charge in [0.05, 0.1) is 10.9 Å². The molecule has 0 radical (unpaired) electrons. The maximum Gasteiger partial charge on any atom is 0.159 e. The monoisotopic (exact) mass is 542 g/mol. The van der Waals surface area contributed by atoms with Gasteiger partial charge in [-0.25, -0.2) is 0 Å². The Hall–Kier alpha value is -4.12. The number of aromatic nitrogens is 1. The molecule has 0 amide bonds. The zero-order chi connectivity index (χ0) is 30.1. The Morgan fingerprint density at radius 2 is 1.48 bits per heavy atom. The van der Waals surface area contributed by atoms with Gasteiger partial charge in [0.15, 0.2) is 11.5 Å². The third-order valence-electron chi connectivity index (χ3n) is 6.21. The fourth-order valence-corrected chi connectivity index (χ4v) is 3.89. The van der Waals surface area contributed by atoms with Gasteiger partial charge in [-0.1, -0.05) is 75.7 Å². The minimum atomic E-state index is -0.148. The summed E-state index contributed by atoms with van der Waals surface area (Å²) in [5, 5.41) is 23.2. The number of nitrogens with zero attached hydrogens (tertiary/aromatic N) is 1. The molecule has 5 heteroatoms. The third kappa shape index (κ3) is 9.57. The summed E-state index contributed by atoms with van der Waals surface area (Å²) in [6.45, 7) is 15.3. The number of aryl methyl sites for hydroxylation is 1. The summed E-state index contributed by atoms with van der Waals surface area (Å²) in [7, 11) is 1.89. The lowest BCUT2D eigenvalue weighted by Crippen LogP contribution is -2.06. The number of hydrogen-bond donors (Lipinski definition) is 3. The molecule has 214 valence electrons. The lowest BCUT2D eigenvalue weighted by molar-refractivity contribution is -0.109. The van der Waals surface area contributed by atoms with Crippen LogP contribution in [-0.4, -0.2) is 28.5 Å². The van der Waals surface area contributed by atoms with Crippen LogP contribution in [0.2, 0.25) is 0 Å². The third-order valence-corrected chi connectivity index (χ3v) is 6.21. The molecule has 0 unspecified atom stereocenters. The highest BCUT2D eigenvalue weighted by atomic mass is 16.3. The summed E-state index contributed by atoms with van der Waals surface area (Å²) in [6, 6.07) is 21.4. The molecule has 1 fully saturated rings. The minimum absolute atomic E-state index is 0.103. The second kappa shape index (κ2) is 17.5. The predicted octanol–water partition coefficient (Wildman–Crippen LogP) is 8.75. The van der Waals surface area contributed by atoms with Crippen molar-refractivity contribution < 1.29 is 15.0 Å². The molecule has 3 N–H and O–H groups in total. The molecule has 40 heavy (non-hydrogen) atoms. The van der Waals surface area contributed by atoms with Crippen molar-refractivity contribution in [1.82, 2.24) is 4.98 Å². The molecule has 0 saturated heterocycles. The zero-order valence-corrected chi connectivity index (χ0v) is 25.2. The van der Waals surface area contributed by atoms with Gasteiger partial charge in [0.1, 0.15) is 6.29 Å². The van der Waals surface area contributed by atoms with Crippen molar-refractivity contribution in [3.05, 3.63) is 108 Å². The van der Waals surface area contributed by atoms with Gasteiger partial charge in [0.25, 0.3) is 0 Å². The molecule has 0 atom stereocenters. The summed E-state index contributed by atoms with van der Waals surface area (Å²) in [5.74, 6) is -0.271. The Kier molecular flexibility index (Phi) is 14.8. The molecular weight excluding hydrogens is 496 g/mol. The molecule has 4 aromatic rings. The van der Waals surface area contributed by atoms with E-state index in [4.69, 9.17) is 0 Å². The number of carbonyl (C=O) groups excluding carboxylic acids is 1. The SMILES string of the molecule is C=CC.CC.CC.CNc1ccc(Cc2ccnc3cc(O)c(O)cc23)cc1.Cc1ccc(C2(C=O)CC2)cc1. The average Bonchev–Trinajstić information content (AvgIpc) is 3.79. The Labute approximate surface area is 240 Å². The van der Waals surface area contributed by atoms with Gasteiger partial charge >= 0.3 is 0 Å². The van der Waals surface area contributed by atoms with E-state index in [1.165, 1.54) is 22.8 Å². The maximum atomic E-state index is 10.8. The van der Waals surface area contributed by atoms with Gasteiger partial charge in [0.2, 0.25) is 0 Å². The van der Waals surface area contributed by atoms with Crippen LogP contribution < -0.4 is 5.32 Å². The van der Waals surface area contributed by atoms with Crippen LogP contribution in [0.25, 0.3) is 10.9 Å². The Morgan fingerprint density at radius 3 is 1.98 bits per heavy atom. The number of anilines is 1. The van der Waals surface area contributed by atoms with Crippen LogP contribution in [0, 0.1) is 6.92 Å². The maximum absolute atomic E-state index is 10.8. The molecule has 1 aliphatic rings. The normalized spacial score (nSPS) is 11.9. The van der Waals surface area contributed by atoms with Crippen LogP contribution in [0.4, 0.5) is 5.69 Å². The van der Waals surface area contributed by atoms with E-state index in [-0.39, 0.29) is 16.9 Å². The molecular formula is C35H46N2O3. The number of pyridine rings is 1. The van der Waals surface area contributed by atoms with E-state index in [1.807, 2.05) is 59.9 Å². The van der Waals surface area contributed by atoms with E-state index in [0.717, 1.165) is 42.2 Å². The smallest absolute Gasteiger partial charge is 0.159 e. The number of aldehydes is 1. The number of carbonyl (C=O) groups is 1. The first-order valence-corrected chi connectivity index (χ1v) is 14.0. The van der Waals surface area contributed by atoms with E-state index in [1.54, 1.807) is 18.3 Å². The number of phenols is 2. The van der Waals surface area contributed by atoms with Crippen LogP contribution >= 0.6 is 0 Å². The number of phenolic OH excluding ortho intramolecular Hbond substituents is 2. The summed E-state index contributed by atoms with van der Waals surface area (Å²) < 4.78 is 0. The second-order valence-corrected chi connectivity index (χ2v) is 9.00. The standard InChI is InChI=1S/C17H16N2O2.C11H12O.C3H6.2C2H6/c1-18-13-4-2-11(3-5-13)8-12-6-7-19-15-10-17(21)16(20)9-14(12)15;1-9-2-4-10(5-3-9)11(8-12)6-7-11;1-3-2;2*1-2/h2-7,9-10,18,20-21H,8H2,1H3;2-5,8H,6-7H2,1H3;3H,1H2,2H3;2*1-2H3. The van der Waals surface area contributed by atoms with E-state index in [2.05, 4.69) is 60.2 Å². The van der Waals surface area contributed by atoms with Crippen LogP contribution in [-0.2, 0) is 16.6 Å². The van der Waals surface area contributed by atoms with Gasteiger partial charge in [-0.05, 0) is 74.1 Å². The first-order chi connectivity index (χ1) is 19.4. The van der Waals surface area contributed by atoms with Gasteiger partial charge in [-0.2, -0.15) is 0 Å². The first-order valence-electron chi connectivity index (χ1n) is 14.0. The van der Waals surface area contributed by atoms with Crippen molar-refractivity contribution >= 4 is 22.9 Å². The van der Waals surface area contributed by atoms with Crippen molar-refractivity contribution in [1.29, 1.82) is 0 Å². The largest absolute Gasteiger partial charge is 0.504 e. The van der Waals surface area contributed by atoms with E-state index in [0.29, 0.717) is 5.52 Å². The van der Waals surface area contributed by atoms with Crippen molar-refractivity contribution in [2.75, 3.05) is 12.4 Å². The zero-order valence-electron chi connectivity index (χ0n) is 25.2.